The molecule has 0 bridgehead atoms. The predicted molar refractivity (Wildman–Crippen MR) is 90.3 cm³/mol. The molecule has 1 saturated heterocycles. The highest BCUT2D eigenvalue weighted by Gasteiger charge is 2.22. The Hall–Kier alpha value is -2.97. The lowest BCUT2D eigenvalue weighted by atomic mass is 10.2. The first-order valence-corrected chi connectivity index (χ1v) is 7.83. The third-order valence-corrected chi connectivity index (χ3v) is 4.25. The molecule has 4 heterocycles. The first-order valence-electron chi connectivity index (χ1n) is 7.83. The Bertz CT molecular complexity index is 938. The summed E-state index contributed by atoms with van der Waals surface area (Å²) in [5.74, 6) is 2.37. The number of aromatic amines is 1. The van der Waals surface area contributed by atoms with Crippen molar-refractivity contribution in [1.82, 2.24) is 29.7 Å². The first kappa shape index (κ1) is 14.6. The lowest BCUT2D eigenvalue weighted by Gasteiger charge is -2.36. The van der Waals surface area contributed by atoms with Gasteiger partial charge in [0.2, 0.25) is 0 Å². The van der Waals surface area contributed by atoms with Crippen LogP contribution in [0.4, 0.5) is 11.6 Å². The van der Waals surface area contributed by atoms with Crippen molar-refractivity contribution in [2.45, 2.75) is 6.92 Å². The molecule has 4 rings (SSSR count). The number of hydrogen-bond acceptors (Lipinski definition) is 7. The maximum absolute atomic E-state index is 11.4. The van der Waals surface area contributed by atoms with Crippen molar-refractivity contribution in [3.05, 3.63) is 34.8 Å². The molecule has 0 radical (unpaired) electrons. The van der Waals surface area contributed by atoms with E-state index in [1.165, 1.54) is 12.4 Å². The molecule has 0 saturated carbocycles. The molecule has 0 aliphatic carbocycles. The summed E-state index contributed by atoms with van der Waals surface area (Å²) in [5.41, 5.74) is 0.710. The molecule has 124 valence electrons. The highest BCUT2D eigenvalue weighted by atomic mass is 16.1. The minimum atomic E-state index is -0.133. The second kappa shape index (κ2) is 5.59. The number of aromatic nitrogens is 6. The third-order valence-electron chi connectivity index (χ3n) is 4.25. The van der Waals surface area contributed by atoms with Crippen LogP contribution in [0.5, 0.6) is 0 Å². The van der Waals surface area contributed by atoms with Crippen LogP contribution in [0.3, 0.4) is 0 Å². The molecule has 0 atom stereocenters. The maximum Gasteiger partial charge on any atom is 0.252 e. The third kappa shape index (κ3) is 2.47. The second-order valence-electron chi connectivity index (χ2n) is 5.84. The Morgan fingerprint density at radius 2 is 1.88 bits per heavy atom. The van der Waals surface area contributed by atoms with Crippen LogP contribution in [0.2, 0.25) is 0 Å². The van der Waals surface area contributed by atoms with E-state index in [0.29, 0.717) is 5.82 Å². The fourth-order valence-corrected chi connectivity index (χ4v) is 3.03. The second-order valence-corrected chi connectivity index (χ2v) is 5.84. The summed E-state index contributed by atoms with van der Waals surface area (Å²) in [6.45, 7) is 5.05. The smallest absolute Gasteiger partial charge is 0.252 e. The van der Waals surface area contributed by atoms with E-state index in [4.69, 9.17) is 0 Å². The molecule has 1 aliphatic rings. The summed E-state index contributed by atoms with van der Waals surface area (Å²) >= 11 is 0. The normalized spacial score (nSPS) is 15.2. The summed E-state index contributed by atoms with van der Waals surface area (Å²) in [6, 6.07) is 1.53. The summed E-state index contributed by atoms with van der Waals surface area (Å²) < 4.78 is 1.77. The lowest BCUT2D eigenvalue weighted by molar-refractivity contribution is 0.641. The zero-order valence-corrected chi connectivity index (χ0v) is 13.6. The van der Waals surface area contributed by atoms with Crippen LogP contribution in [-0.2, 0) is 7.05 Å². The molecule has 0 aromatic carbocycles. The molecule has 0 amide bonds. The fraction of sp³-hybridized carbons (Fsp3) is 0.400. The van der Waals surface area contributed by atoms with E-state index in [0.717, 1.165) is 48.9 Å². The minimum Gasteiger partial charge on any atom is -0.353 e. The molecule has 1 aliphatic heterocycles. The standard InChI is InChI=1S/C15H18N8O/c1-10-19-14-11(8-18-21(14)2)15(20-10)23-5-3-22(4-6-23)12-7-13(24)17-9-16-12/h7-9H,3-6H2,1-2H3,(H,16,17,24). The van der Waals surface area contributed by atoms with Crippen molar-refractivity contribution >= 4 is 22.7 Å². The molecular formula is C15H18N8O. The van der Waals surface area contributed by atoms with Gasteiger partial charge in [-0.1, -0.05) is 0 Å². The number of fused-ring (bicyclic) bond motifs is 1. The number of aryl methyl sites for hydroxylation is 2. The molecule has 0 unspecified atom stereocenters. The molecule has 9 nitrogen and oxygen atoms in total. The predicted octanol–water partition coefficient (Wildman–Crippen LogP) is 0.0816. The highest BCUT2D eigenvalue weighted by Crippen LogP contribution is 2.25. The highest BCUT2D eigenvalue weighted by molar-refractivity contribution is 5.87. The van der Waals surface area contributed by atoms with Gasteiger partial charge in [-0.3, -0.25) is 9.48 Å². The van der Waals surface area contributed by atoms with Gasteiger partial charge in [0.1, 0.15) is 17.5 Å². The van der Waals surface area contributed by atoms with Gasteiger partial charge in [-0.05, 0) is 6.92 Å². The SMILES string of the molecule is Cc1nc(N2CCN(c3cc(=O)[nH]cn3)CC2)c2cnn(C)c2n1. The summed E-state index contributed by atoms with van der Waals surface area (Å²) in [6.07, 6.45) is 3.26. The van der Waals surface area contributed by atoms with Crippen LogP contribution in [0, 0.1) is 6.92 Å². The number of H-pyrrole nitrogens is 1. The van der Waals surface area contributed by atoms with Gasteiger partial charge < -0.3 is 14.8 Å². The van der Waals surface area contributed by atoms with Crippen molar-refractivity contribution in [3.63, 3.8) is 0 Å². The molecule has 0 spiro atoms. The number of anilines is 2. The Kier molecular flexibility index (Phi) is 3.40. The molecular weight excluding hydrogens is 308 g/mol. The summed E-state index contributed by atoms with van der Waals surface area (Å²) in [5, 5.41) is 5.26. The zero-order valence-electron chi connectivity index (χ0n) is 13.6. The molecule has 1 N–H and O–H groups in total. The molecule has 1 fully saturated rings. The van der Waals surface area contributed by atoms with E-state index in [2.05, 4.69) is 34.8 Å². The first-order chi connectivity index (χ1) is 11.6. The van der Waals surface area contributed by atoms with Gasteiger partial charge in [0.15, 0.2) is 5.65 Å². The minimum absolute atomic E-state index is 0.133. The largest absolute Gasteiger partial charge is 0.353 e. The van der Waals surface area contributed by atoms with Crippen LogP contribution < -0.4 is 15.4 Å². The molecule has 9 heteroatoms. The van der Waals surface area contributed by atoms with Crippen molar-refractivity contribution in [2.24, 2.45) is 7.05 Å². The van der Waals surface area contributed by atoms with Gasteiger partial charge >= 0.3 is 0 Å². The monoisotopic (exact) mass is 326 g/mol. The van der Waals surface area contributed by atoms with Crippen molar-refractivity contribution in [3.8, 4) is 0 Å². The van der Waals surface area contributed by atoms with Crippen LogP contribution >= 0.6 is 0 Å². The van der Waals surface area contributed by atoms with E-state index < -0.39 is 0 Å². The van der Waals surface area contributed by atoms with Gasteiger partial charge in [-0.2, -0.15) is 5.10 Å². The number of nitrogens with one attached hydrogen (secondary N) is 1. The van der Waals surface area contributed by atoms with Gasteiger partial charge in [0, 0.05) is 39.3 Å². The van der Waals surface area contributed by atoms with Crippen molar-refractivity contribution in [2.75, 3.05) is 36.0 Å². The van der Waals surface area contributed by atoms with Crippen molar-refractivity contribution < 1.29 is 0 Å². The summed E-state index contributed by atoms with van der Waals surface area (Å²) in [4.78, 5) is 31.7. The van der Waals surface area contributed by atoms with Crippen molar-refractivity contribution in [1.29, 1.82) is 0 Å². The van der Waals surface area contributed by atoms with Crippen LogP contribution in [-0.4, -0.2) is 55.9 Å². The van der Waals surface area contributed by atoms with Crippen LogP contribution in [0.1, 0.15) is 5.82 Å². The molecule has 24 heavy (non-hydrogen) atoms. The van der Waals surface area contributed by atoms with E-state index in [1.807, 2.05) is 20.2 Å². The lowest BCUT2D eigenvalue weighted by Crippen LogP contribution is -2.47. The number of piperazine rings is 1. The Morgan fingerprint density at radius 1 is 1.12 bits per heavy atom. The fourth-order valence-electron chi connectivity index (χ4n) is 3.03. The number of nitrogens with zero attached hydrogens (tertiary/aromatic N) is 7. The average molecular weight is 326 g/mol. The molecule has 3 aromatic rings. The van der Waals surface area contributed by atoms with E-state index in [1.54, 1.807) is 4.68 Å². The number of rotatable bonds is 2. The maximum atomic E-state index is 11.4. The van der Waals surface area contributed by atoms with Crippen LogP contribution in [0.15, 0.2) is 23.4 Å². The Balaban J connectivity index is 1.59. The van der Waals surface area contributed by atoms with E-state index in [9.17, 15) is 4.79 Å². The van der Waals surface area contributed by atoms with Gasteiger partial charge in [0.25, 0.3) is 5.56 Å². The quantitative estimate of drug-likeness (QED) is 0.712. The Morgan fingerprint density at radius 3 is 2.62 bits per heavy atom. The Labute approximate surface area is 138 Å². The molecule has 3 aromatic heterocycles. The number of hydrogen-bond donors (Lipinski definition) is 1. The van der Waals surface area contributed by atoms with E-state index >= 15 is 0 Å². The summed E-state index contributed by atoms with van der Waals surface area (Å²) in [7, 11) is 1.88. The van der Waals surface area contributed by atoms with Crippen LogP contribution in [0.25, 0.3) is 11.0 Å². The van der Waals surface area contributed by atoms with Gasteiger partial charge in [0.05, 0.1) is 17.9 Å². The zero-order chi connectivity index (χ0) is 16.7. The van der Waals surface area contributed by atoms with Gasteiger partial charge in [-0.15, -0.1) is 0 Å². The van der Waals surface area contributed by atoms with Gasteiger partial charge in [-0.25, -0.2) is 15.0 Å². The van der Waals surface area contributed by atoms with E-state index in [-0.39, 0.29) is 5.56 Å². The topological polar surface area (TPSA) is 95.8 Å². The average Bonchev–Trinajstić information content (AvgIpc) is 2.95.